The average molecular weight is 263 g/mol. The maximum absolute atomic E-state index is 9.87. The highest BCUT2D eigenvalue weighted by molar-refractivity contribution is 4.64. The Balaban J connectivity index is 3.74. The second-order valence-corrected chi connectivity index (χ2v) is 4.37. The molecule has 0 saturated heterocycles. The molecule has 1 unspecified atom stereocenters. The minimum atomic E-state index is -0.449. The summed E-state index contributed by atoms with van der Waals surface area (Å²) in [5, 5.41) is 9.87. The molecule has 18 heavy (non-hydrogen) atoms. The van der Waals surface area contributed by atoms with Crippen molar-refractivity contribution in [2.24, 2.45) is 0 Å². The van der Waals surface area contributed by atoms with Crippen LogP contribution in [0.2, 0.25) is 0 Å². The van der Waals surface area contributed by atoms with Gasteiger partial charge in [0.05, 0.1) is 25.9 Å². The molecule has 0 aliphatic rings. The maximum Gasteiger partial charge on any atom is 0.0900 e. The Bertz CT molecular complexity index is 161. The highest BCUT2D eigenvalue weighted by Crippen LogP contribution is 1.96. The molecule has 0 aliphatic heterocycles. The topological polar surface area (TPSA) is 51.2 Å². The van der Waals surface area contributed by atoms with Crippen LogP contribution in [0.3, 0.4) is 0 Å². The summed E-state index contributed by atoms with van der Waals surface area (Å²) in [5.41, 5.74) is 0. The van der Waals surface area contributed by atoms with Gasteiger partial charge in [0.25, 0.3) is 0 Å². The van der Waals surface area contributed by atoms with E-state index in [1.54, 1.807) is 14.2 Å². The number of unbranched alkanes of at least 4 members (excludes halogenated alkanes) is 1. The van der Waals surface area contributed by atoms with Crippen LogP contribution in [0.15, 0.2) is 0 Å². The summed E-state index contributed by atoms with van der Waals surface area (Å²) in [6.07, 6.45) is 1.71. The third-order valence-electron chi connectivity index (χ3n) is 2.64. The second kappa shape index (κ2) is 13.2. The summed E-state index contributed by atoms with van der Waals surface area (Å²) < 4.78 is 15.5. The predicted molar refractivity (Wildman–Crippen MR) is 71.9 cm³/mol. The van der Waals surface area contributed by atoms with E-state index >= 15 is 0 Å². The molecule has 0 rings (SSSR count). The van der Waals surface area contributed by atoms with Crippen molar-refractivity contribution in [3.05, 3.63) is 0 Å². The summed E-state index contributed by atoms with van der Waals surface area (Å²) in [7, 11) is 3.36. The molecule has 0 fully saturated rings. The van der Waals surface area contributed by atoms with Crippen LogP contribution in [0.1, 0.15) is 19.8 Å². The minimum absolute atomic E-state index is 0.399. The van der Waals surface area contributed by atoms with Crippen molar-refractivity contribution in [1.29, 1.82) is 0 Å². The quantitative estimate of drug-likeness (QED) is 0.497. The van der Waals surface area contributed by atoms with E-state index in [0.717, 1.165) is 32.5 Å². The fourth-order valence-corrected chi connectivity index (χ4v) is 1.55. The molecule has 5 nitrogen and oxygen atoms in total. The average Bonchev–Trinajstić information content (AvgIpc) is 2.38. The van der Waals surface area contributed by atoms with Crippen LogP contribution in [0.4, 0.5) is 0 Å². The third kappa shape index (κ3) is 10.9. The lowest BCUT2D eigenvalue weighted by Crippen LogP contribution is -2.38. The number of aliphatic hydroxyl groups is 1. The molecule has 0 aromatic carbocycles. The number of nitrogens with zero attached hydrogens (tertiary/aromatic N) is 1. The van der Waals surface area contributed by atoms with E-state index in [4.69, 9.17) is 14.2 Å². The van der Waals surface area contributed by atoms with Gasteiger partial charge in [0.2, 0.25) is 0 Å². The van der Waals surface area contributed by atoms with E-state index in [-0.39, 0.29) is 0 Å². The van der Waals surface area contributed by atoms with E-state index < -0.39 is 6.10 Å². The number of ether oxygens (including phenoxy) is 3. The van der Waals surface area contributed by atoms with Gasteiger partial charge in [-0.15, -0.1) is 0 Å². The molecule has 0 aromatic rings. The van der Waals surface area contributed by atoms with Crippen molar-refractivity contribution in [1.82, 2.24) is 4.90 Å². The summed E-state index contributed by atoms with van der Waals surface area (Å²) in [4.78, 5) is 2.13. The molecule has 110 valence electrons. The zero-order valence-corrected chi connectivity index (χ0v) is 12.1. The highest BCUT2D eigenvalue weighted by atomic mass is 16.5. The fraction of sp³-hybridized carbons (Fsp3) is 1.00. The number of hydrogen-bond donors (Lipinski definition) is 1. The van der Waals surface area contributed by atoms with Gasteiger partial charge in [-0.1, -0.05) is 13.3 Å². The Morgan fingerprint density at radius 1 is 1.06 bits per heavy atom. The van der Waals surface area contributed by atoms with Gasteiger partial charge < -0.3 is 19.3 Å². The lowest BCUT2D eigenvalue weighted by molar-refractivity contribution is 0.00740. The molecular weight excluding hydrogens is 234 g/mol. The molecule has 0 bridgehead atoms. The van der Waals surface area contributed by atoms with E-state index in [1.165, 1.54) is 0 Å². The molecule has 1 N–H and O–H groups in total. The van der Waals surface area contributed by atoms with Crippen molar-refractivity contribution in [3.8, 4) is 0 Å². The smallest absolute Gasteiger partial charge is 0.0900 e. The first-order valence-corrected chi connectivity index (χ1v) is 6.70. The Morgan fingerprint density at radius 3 is 2.17 bits per heavy atom. The molecule has 0 saturated carbocycles. The molecule has 1 atom stereocenters. The Hall–Kier alpha value is -0.200. The SMILES string of the molecule is CCCCOCC(O)CN(CCOC)CCOC. The number of hydrogen-bond acceptors (Lipinski definition) is 5. The van der Waals surface area contributed by atoms with Crippen LogP contribution < -0.4 is 0 Å². The lowest BCUT2D eigenvalue weighted by Gasteiger charge is -2.24. The highest BCUT2D eigenvalue weighted by Gasteiger charge is 2.11. The zero-order chi connectivity index (χ0) is 13.6. The number of rotatable bonds is 13. The normalized spacial score (nSPS) is 13.2. The summed E-state index contributed by atoms with van der Waals surface area (Å²) in [5.74, 6) is 0. The first kappa shape index (κ1) is 17.8. The first-order chi connectivity index (χ1) is 8.74. The van der Waals surface area contributed by atoms with Crippen LogP contribution in [0, 0.1) is 0 Å². The van der Waals surface area contributed by atoms with Gasteiger partial charge >= 0.3 is 0 Å². The van der Waals surface area contributed by atoms with Crippen molar-refractivity contribution in [3.63, 3.8) is 0 Å². The molecule has 0 spiro atoms. The number of methoxy groups -OCH3 is 2. The van der Waals surface area contributed by atoms with E-state index in [9.17, 15) is 5.11 Å². The lowest BCUT2D eigenvalue weighted by atomic mass is 10.3. The summed E-state index contributed by atoms with van der Waals surface area (Å²) in [6, 6.07) is 0. The van der Waals surface area contributed by atoms with Crippen molar-refractivity contribution >= 4 is 0 Å². The molecule has 0 amide bonds. The van der Waals surface area contributed by atoms with Gasteiger partial charge in [-0.25, -0.2) is 0 Å². The van der Waals surface area contributed by atoms with Crippen molar-refractivity contribution < 1.29 is 19.3 Å². The van der Waals surface area contributed by atoms with Crippen LogP contribution in [-0.2, 0) is 14.2 Å². The van der Waals surface area contributed by atoms with E-state index in [2.05, 4.69) is 11.8 Å². The standard InChI is InChI=1S/C13H29NO4/c1-4-5-8-18-12-13(15)11-14(6-9-16-2)7-10-17-3/h13,15H,4-12H2,1-3H3. The van der Waals surface area contributed by atoms with Crippen LogP contribution >= 0.6 is 0 Å². The minimum Gasteiger partial charge on any atom is -0.389 e. The van der Waals surface area contributed by atoms with Gasteiger partial charge in [0, 0.05) is 40.5 Å². The monoisotopic (exact) mass is 263 g/mol. The van der Waals surface area contributed by atoms with Gasteiger partial charge in [-0.2, -0.15) is 0 Å². The van der Waals surface area contributed by atoms with Gasteiger partial charge in [0.1, 0.15) is 0 Å². The molecule has 0 radical (unpaired) electrons. The Morgan fingerprint density at radius 2 is 1.67 bits per heavy atom. The third-order valence-corrected chi connectivity index (χ3v) is 2.64. The Labute approximate surface area is 111 Å². The van der Waals surface area contributed by atoms with Gasteiger partial charge in [-0.3, -0.25) is 4.90 Å². The molecule has 5 heteroatoms. The first-order valence-electron chi connectivity index (χ1n) is 6.70. The Kier molecular flexibility index (Phi) is 13.1. The number of aliphatic hydroxyl groups excluding tert-OH is 1. The fourth-order valence-electron chi connectivity index (χ4n) is 1.55. The molecule has 0 aromatic heterocycles. The van der Waals surface area contributed by atoms with Gasteiger partial charge in [0.15, 0.2) is 0 Å². The van der Waals surface area contributed by atoms with Crippen LogP contribution in [0.25, 0.3) is 0 Å². The van der Waals surface area contributed by atoms with Gasteiger partial charge in [-0.05, 0) is 6.42 Å². The molecule has 0 aliphatic carbocycles. The largest absolute Gasteiger partial charge is 0.389 e. The molecular formula is C13H29NO4. The summed E-state index contributed by atoms with van der Waals surface area (Å²) >= 11 is 0. The van der Waals surface area contributed by atoms with Crippen LogP contribution in [0.5, 0.6) is 0 Å². The molecule has 0 heterocycles. The second-order valence-electron chi connectivity index (χ2n) is 4.37. The van der Waals surface area contributed by atoms with E-state index in [1.807, 2.05) is 0 Å². The maximum atomic E-state index is 9.87. The van der Waals surface area contributed by atoms with Crippen molar-refractivity contribution in [2.75, 3.05) is 60.3 Å². The van der Waals surface area contributed by atoms with Crippen LogP contribution in [-0.4, -0.2) is 76.4 Å². The van der Waals surface area contributed by atoms with Crippen molar-refractivity contribution in [2.45, 2.75) is 25.9 Å². The predicted octanol–water partition coefficient (Wildman–Crippen LogP) is 0.759. The summed E-state index contributed by atoms with van der Waals surface area (Å²) in [6.45, 7) is 6.76. The van der Waals surface area contributed by atoms with E-state index in [0.29, 0.717) is 26.4 Å². The zero-order valence-electron chi connectivity index (χ0n) is 12.1.